The Labute approximate surface area is 121 Å². The molecule has 8 nitrogen and oxygen atoms in total. The van der Waals surface area contributed by atoms with Gasteiger partial charge in [-0.3, -0.25) is 0 Å². The standard InChI is InChI=1S/C13H16N4O4/c1-3-6-17-12(14-15-16-17)8-21-11-5-4-9(20-2)7-10(11)13(18)19/h4-5,7H,3,6,8H2,1-2H3,(H,18,19). The third kappa shape index (κ3) is 3.47. The number of nitrogens with zero attached hydrogens (tertiary/aromatic N) is 4. The molecular weight excluding hydrogens is 276 g/mol. The minimum absolute atomic E-state index is 0.0314. The van der Waals surface area contributed by atoms with Gasteiger partial charge in [-0.15, -0.1) is 5.10 Å². The van der Waals surface area contributed by atoms with Gasteiger partial charge in [0.05, 0.1) is 7.11 Å². The molecule has 0 aliphatic rings. The highest BCUT2D eigenvalue weighted by atomic mass is 16.5. The predicted octanol–water partition coefficient (Wildman–Crippen LogP) is 1.37. The van der Waals surface area contributed by atoms with Gasteiger partial charge in [-0.1, -0.05) is 6.92 Å². The monoisotopic (exact) mass is 292 g/mol. The van der Waals surface area contributed by atoms with Crippen LogP contribution in [0.15, 0.2) is 18.2 Å². The van der Waals surface area contributed by atoms with E-state index in [4.69, 9.17) is 9.47 Å². The number of ether oxygens (including phenoxy) is 2. The molecule has 2 rings (SSSR count). The van der Waals surface area contributed by atoms with E-state index in [2.05, 4.69) is 15.5 Å². The zero-order chi connectivity index (χ0) is 15.2. The van der Waals surface area contributed by atoms with Crippen molar-refractivity contribution in [3.8, 4) is 11.5 Å². The molecule has 1 aromatic heterocycles. The van der Waals surface area contributed by atoms with Gasteiger partial charge >= 0.3 is 5.97 Å². The van der Waals surface area contributed by atoms with Crippen molar-refractivity contribution in [2.24, 2.45) is 0 Å². The summed E-state index contributed by atoms with van der Waals surface area (Å²) in [6.07, 6.45) is 0.890. The summed E-state index contributed by atoms with van der Waals surface area (Å²) in [6, 6.07) is 4.60. The molecule has 0 atom stereocenters. The van der Waals surface area contributed by atoms with E-state index in [0.717, 1.165) is 6.42 Å². The number of carbonyl (C=O) groups is 1. The highest BCUT2D eigenvalue weighted by Crippen LogP contribution is 2.24. The van der Waals surface area contributed by atoms with Crippen LogP contribution in [0.3, 0.4) is 0 Å². The first kappa shape index (κ1) is 14.8. The lowest BCUT2D eigenvalue weighted by molar-refractivity contribution is 0.0691. The number of methoxy groups -OCH3 is 1. The van der Waals surface area contributed by atoms with Crippen LogP contribution in [0.4, 0.5) is 0 Å². The van der Waals surface area contributed by atoms with E-state index in [9.17, 15) is 9.90 Å². The molecule has 8 heteroatoms. The van der Waals surface area contributed by atoms with Crippen LogP contribution < -0.4 is 9.47 Å². The van der Waals surface area contributed by atoms with Crippen LogP contribution in [0.1, 0.15) is 29.5 Å². The number of benzene rings is 1. The molecule has 0 saturated carbocycles. The minimum Gasteiger partial charge on any atom is -0.497 e. The molecule has 0 unspecified atom stereocenters. The second kappa shape index (κ2) is 6.69. The number of carboxylic acids is 1. The maximum Gasteiger partial charge on any atom is 0.339 e. The van der Waals surface area contributed by atoms with Crippen molar-refractivity contribution in [1.29, 1.82) is 0 Å². The summed E-state index contributed by atoms with van der Waals surface area (Å²) in [5.74, 6) is 0.158. The Bertz CT molecular complexity index is 626. The fraction of sp³-hybridized carbons (Fsp3) is 0.385. The average molecular weight is 292 g/mol. The maximum atomic E-state index is 11.2. The summed E-state index contributed by atoms with van der Waals surface area (Å²) in [6.45, 7) is 2.79. The minimum atomic E-state index is -1.09. The van der Waals surface area contributed by atoms with Gasteiger partial charge in [0.1, 0.15) is 23.7 Å². The van der Waals surface area contributed by atoms with Gasteiger partial charge in [0.2, 0.25) is 0 Å². The molecule has 1 heterocycles. The van der Waals surface area contributed by atoms with Crippen LogP contribution in [-0.4, -0.2) is 38.4 Å². The molecule has 112 valence electrons. The molecule has 0 bridgehead atoms. The fourth-order valence-corrected chi connectivity index (χ4v) is 1.78. The maximum absolute atomic E-state index is 11.2. The normalized spacial score (nSPS) is 10.4. The quantitative estimate of drug-likeness (QED) is 0.822. The Hall–Kier alpha value is -2.64. The fourth-order valence-electron chi connectivity index (χ4n) is 1.78. The third-order valence-electron chi connectivity index (χ3n) is 2.82. The molecule has 0 aliphatic carbocycles. The van der Waals surface area contributed by atoms with E-state index < -0.39 is 5.97 Å². The number of hydrogen-bond donors (Lipinski definition) is 1. The molecule has 1 aromatic carbocycles. The Morgan fingerprint density at radius 2 is 2.24 bits per heavy atom. The van der Waals surface area contributed by atoms with Gasteiger partial charge in [0.15, 0.2) is 5.82 Å². The predicted molar refractivity (Wildman–Crippen MR) is 72.4 cm³/mol. The van der Waals surface area contributed by atoms with Gasteiger partial charge in [0, 0.05) is 6.54 Å². The molecule has 0 radical (unpaired) electrons. The van der Waals surface area contributed by atoms with Crippen LogP contribution >= 0.6 is 0 Å². The summed E-state index contributed by atoms with van der Waals surface area (Å²) in [4.78, 5) is 11.2. The zero-order valence-electron chi connectivity index (χ0n) is 11.8. The van der Waals surface area contributed by atoms with Crippen LogP contribution in [0.5, 0.6) is 11.5 Å². The van der Waals surface area contributed by atoms with Gasteiger partial charge in [0.25, 0.3) is 0 Å². The molecule has 1 N–H and O–H groups in total. The number of hydrogen-bond acceptors (Lipinski definition) is 6. The zero-order valence-corrected chi connectivity index (χ0v) is 11.8. The van der Waals surface area contributed by atoms with E-state index in [1.54, 1.807) is 16.8 Å². The molecular formula is C13H16N4O4. The number of aromatic carboxylic acids is 1. The summed E-state index contributed by atoms with van der Waals surface area (Å²) >= 11 is 0. The lowest BCUT2D eigenvalue weighted by Gasteiger charge is -2.10. The van der Waals surface area contributed by atoms with Crippen molar-refractivity contribution in [1.82, 2.24) is 20.2 Å². The first-order valence-electron chi connectivity index (χ1n) is 6.45. The molecule has 0 spiro atoms. The third-order valence-corrected chi connectivity index (χ3v) is 2.82. The molecule has 0 fully saturated rings. The molecule has 0 aliphatic heterocycles. The number of aryl methyl sites for hydroxylation is 1. The number of tetrazole rings is 1. The van der Waals surface area contributed by atoms with Gasteiger partial charge in [-0.2, -0.15) is 0 Å². The van der Waals surface area contributed by atoms with Crippen LogP contribution in [0.2, 0.25) is 0 Å². The Balaban J connectivity index is 2.15. The first-order chi connectivity index (χ1) is 10.2. The smallest absolute Gasteiger partial charge is 0.339 e. The van der Waals surface area contributed by atoms with E-state index in [1.807, 2.05) is 6.92 Å². The van der Waals surface area contributed by atoms with E-state index in [0.29, 0.717) is 18.1 Å². The van der Waals surface area contributed by atoms with Gasteiger partial charge in [-0.25, -0.2) is 9.48 Å². The van der Waals surface area contributed by atoms with Gasteiger partial charge in [-0.05, 0) is 35.0 Å². The second-order valence-corrected chi connectivity index (χ2v) is 4.27. The SMILES string of the molecule is CCCn1nnnc1COc1ccc(OC)cc1C(=O)O. The van der Waals surface area contributed by atoms with Gasteiger partial charge < -0.3 is 14.6 Å². The lowest BCUT2D eigenvalue weighted by Crippen LogP contribution is -2.10. The molecule has 21 heavy (non-hydrogen) atoms. The average Bonchev–Trinajstić information content (AvgIpc) is 2.92. The lowest BCUT2D eigenvalue weighted by atomic mass is 10.2. The number of carboxylic acid groups (broad SMARTS) is 1. The van der Waals surface area contributed by atoms with Crippen LogP contribution in [0, 0.1) is 0 Å². The first-order valence-corrected chi connectivity index (χ1v) is 6.45. The number of rotatable bonds is 7. The summed E-state index contributed by atoms with van der Waals surface area (Å²) in [7, 11) is 1.47. The largest absolute Gasteiger partial charge is 0.497 e. The highest BCUT2D eigenvalue weighted by molar-refractivity contribution is 5.91. The van der Waals surface area contributed by atoms with Crippen molar-refractivity contribution in [2.45, 2.75) is 26.5 Å². The Morgan fingerprint density at radius 3 is 2.90 bits per heavy atom. The summed E-state index contributed by atoms with van der Waals surface area (Å²) < 4.78 is 12.2. The van der Waals surface area contributed by atoms with Crippen molar-refractivity contribution < 1.29 is 19.4 Å². The van der Waals surface area contributed by atoms with Crippen LogP contribution in [0.25, 0.3) is 0 Å². The van der Waals surface area contributed by atoms with Crippen molar-refractivity contribution in [2.75, 3.05) is 7.11 Å². The van der Waals surface area contributed by atoms with E-state index >= 15 is 0 Å². The molecule has 0 amide bonds. The van der Waals surface area contributed by atoms with Crippen molar-refractivity contribution in [3.63, 3.8) is 0 Å². The van der Waals surface area contributed by atoms with Crippen molar-refractivity contribution in [3.05, 3.63) is 29.6 Å². The van der Waals surface area contributed by atoms with Crippen LogP contribution in [-0.2, 0) is 13.2 Å². The molecule has 2 aromatic rings. The molecule has 0 saturated heterocycles. The highest BCUT2D eigenvalue weighted by Gasteiger charge is 2.14. The van der Waals surface area contributed by atoms with E-state index in [1.165, 1.54) is 13.2 Å². The second-order valence-electron chi connectivity index (χ2n) is 4.27. The Kier molecular flexibility index (Phi) is 4.70. The van der Waals surface area contributed by atoms with Crippen molar-refractivity contribution >= 4 is 5.97 Å². The van der Waals surface area contributed by atoms with E-state index in [-0.39, 0.29) is 17.9 Å². The summed E-state index contributed by atoms with van der Waals surface area (Å²) in [5, 5.41) is 20.5. The Morgan fingerprint density at radius 1 is 1.43 bits per heavy atom. The number of aromatic nitrogens is 4. The topological polar surface area (TPSA) is 99.4 Å². The summed E-state index contributed by atoms with van der Waals surface area (Å²) in [5.41, 5.74) is 0.0314.